The van der Waals surface area contributed by atoms with Crippen LogP contribution >= 0.6 is 9.90 Å². The van der Waals surface area contributed by atoms with Crippen molar-refractivity contribution in [2.24, 2.45) is 0 Å². The van der Waals surface area contributed by atoms with Gasteiger partial charge in [0.2, 0.25) is 0 Å². The summed E-state index contributed by atoms with van der Waals surface area (Å²) in [6, 6.07) is 0. The molecule has 0 fully saturated rings. The Balaban J connectivity index is -0.0000000284. The van der Waals surface area contributed by atoms with Gasteiger partial charge >= 0.3 is 34.4 Å². The molecule has 0 unspecified atom stereocenters. The summed E-state index contributed by atoms with van der Waals surface area (Å²) in [6.07, 6.45) is 0. The molecule has 0 aromatic carbocycles. The monoisotopic (exact) mass is 504 g/mol. The van der Waals surface area contributed by atoms with Crippen LogP contribution in [0.3, 0.4) is 0 Å². The van der Waals surface area contributed by atoms with Crippen LogP contribution in [0.1, 0.15) is 0 Å². The quantitative estimate of drug-likeness (QED) is 0.128. The van der Waals surface area contributed by atoms with Gasteiger partial charge in [0.1, 0.15) is 0 Å². The molecule has 0 spiro atoms. The van der Waals surface area contributed by atoms with Crippen molar-refractivity contribution >= 4 is 68.9 Å². The van der Waals surface area contributed by atoms with E-state index in [0.29, 0.717) is 0 Å². The molecule has 23 heteroatoms. The second-order valence-electron chi connectivity index (χ2n) is 1.63. The van der Waals surface area contributed by atoms with Gasteiger partial charge in [0.25, 0.3) is 0 Å². The van der Waals surface area contributed by atoms with Crippen LogP contribution in [-0.2, 0) is 58.7 Å². The summed E-state index contributed by atoms with van der Waals surface area (Å²) in [5, 5.41) is 0. The van der Waals surface area contributed by atoms with Crippen LogP contribution in [-0.4, -0.2) is 87.5 Å². The normalized spacial score (nSPS) is 10.1. The molecule has 0 rings (SSSR count). The van der Waals surface area contributed by atoms with Gasteiger partial charge in [-0.3, -0.25) is 43.6 Å². The Morgan fingerprint density at radius 2 is 0.391 bits per heavy atom. The Bertz CT molecular complexity index is 485. The maximum absolute atomic E-state index is 8.52. The predicted octanol–water partition coefficient (Wildman–Crippen LogP) is -6.48. The number of hydrogen-bond acceptors (Lipinski definition) is 16. The van der Waals surface area contributed by atoms with E-state index in [2.05, 4.69) is 0 Å². The SMILES string of the molecule is O=S(=O)([O-])[O-].O=S(=O)([O-])[O-].O=S(=O)([O-])[O-].O=S(=O)([O-])[O-].[Al+3].[Fe+2].[PH6+3]. The van der Waals surface area contributed by atoms with E-state index in [1.807, 2.05) is 0 Å². The van der Waals surface area contributed by atoms with Crippen molar-refractivity contribution in [1.29, 1.82) is 0 Å². The minimum atomic E-state index is -5.17. The maximum atomic E-state index is 8.52. The third-order valence-electron chi connectivity index (χ3n) is 0. The van der Waals surface area contributed by atoms with E-state index in [9.17, 15) is 0 Å². The fourth-order valence-corrected chi connectivity index (χ4v) is 0. The largest absolute Gasteiger partial charge is 3.00 e. The van der Waals surface area contributed by atoms with Crippen LogP contribution in [0, 0.1) is 0 Å². The van der Waals surface area contributed by atoms with Gasteiger partial charge < -0.3 is 36.4 Å². The van der Waals surface area contributed by atoms with Crippen LogP contribution in [0.5, 0.6) is 0 Å². The third-order valence-corrected chi connectivity index (χ3v) is 0. The predicted molar refractivity (Wildman–Crippen MR) is 62.9 cm³/mol. The molecule has 0 heterocycles. The van der Waals surface area contributed by atoms with Crippen molar-refractivity contribution in [2.45, 2.75) is 0 Å². The molecule has 0 saturated heterocycles. The molecule has 0 aliphatic carbocycles. The minimum Gasteiger partial charge on any atom is -0.759 e. The number of rotatable bonds is 0. The molecule has 142 valence electrons. The first-order valence-electron chi connectivity index (χ1n) is 2.67. The van der Waals surface area contributed by atoms with Gasteiger partial charge in [0, 0.05) is 41.6 Å². The first-order valence-corrected chi connectivity index (χ1v) is 8.00. The first kappa shape index (κ1) is 43.9. The first-order chi connectivity index (χ1) is 8.00. The minimum absolute atomic E-state index is 0. The molecule has 0 aliphatic rings. The summed E-state index contributed by atoms with van der Waals surface area (Å²) >= 11 is 0. The average Bonchev–Trinajstić information content (AvgIpc) is 1.62. The summed E-state index contributed by atoms with van der Waals surface area (Å²) in [7, 11) is -20.7. The average molecular weight is 504 g/mol. The van der Waals surface area contributed by atoms with Crippen molar-refractivity contribution in [2.75, 3.05) is 0 Å². The summed E-state index contributed by atoms with van der Waals surface area (Å²) in [5.41, 5.74) is 0. The summed E-state index contributed by atoms with van der Waals surface area (Å²) < 4.78 is 136. The Morgan fingerprint density at radius 3 is 0.391 bits per heavy atom. The molecule has 0 N–H and O–H groups in total. The van der Waals surface area contributed by atoms with Crippen molar-refractivity contribution in [3.8, 4) is 0 Å². The topological polar surface area (TPSA) is 321 Å². The van der Waals surface area contributed by atoms with E-state index < -0.39 is 41.6 Å². The fraction of sp³-hybridized carbons (Fsp3) is 0. The zero-order valence-corrected chi connectivity index (χ0v) is 14.6. The molecule has 0 aromatic rings. The second-order valence-corrected chi connectivity index (χ2v) is 4.90. The van der Waals surface area contributed by atoms with Crippen molar-refractivity contribution < 1.29 is 87.2 Å². The standard InChI is InChI=1S/Al.Fe.4H2O4S.H6P/c;;4*1-5(2,3)4;/h;;4*(H2,1,2,3,4);1H6/q+3;+2;;;;;+3/p-8. The van der Waals surface area contributed by atoms with Crippen molar-refractivity contribution in [3.63, 3.8) is 0 Å². The Morgan fingerprint density at radius 1 is 0.391 bits per heavy atom. The van der Waals surface area contributed by atoms with Crippen LogP contribution in [0.4, 0.5) is 0 Å². The van der Waals surface area contributed by atoms with E-state index in [4.69, 9.17) is 70.1 Å². The molecule has 0 amide bonds. The molecule has 0 aliphatic heterocycles. The molecular weight excluding hydrogens is 498 g/mol. The summed E-state index contributed by atoms with van der Waals surface area (Å²) in [5.74, 6) is 0. The molecule has 0 radical (unpaired) electrons. The number of hydrogen-bond donors (Lipinski definition) is 0. The van der Waals surface area contributed by atoms with E-state index in [0.717, 1.165) is 0 Å². The Hall–Kier alpha value is 0.962. The van der Waals surface area contributed by atoms with E-state index in [-0.39, 0.29) is 44.3 Å². The summed E-state index contributed by atoms with van der Waals surface area (Å²) in [4.78, 5) is 0. The van der Waals surface area contributed by atoms with Crippen LogP contribution in [0.15, 0.2) is 0 Å². The third kappa shape index (κ3) is 10900. The maximum Gasteiger partial charge on any atom is 3.00 e. The van der Waals surface area contributed by atoms with Crippen LogP contribution in [0.2, 0.25) is 0 Å². The fourth-order valence-electron chi connectivity index (χ4n) is 0. The van der Waals surface area contributed by atoms with Crippen molar-refractivity contribution in [3.05, 3.63) is 0 Å². The van der Waals surface area contributed by atoms with E-state index in [1.165, 1.54) is 0 Å². The zero-order valence-electron chi connectivity index (χ0n) is 9.10. The van der Waals surface area contributed by atoms with Crippen LogP contribution < -0.4 is 0 Å². The molecule has 0 saturated carbocycles. The van der Waals surface area contributed by atoms with E-state index in [1.54, 1.807) is 0 Å². The molecule has 16 nitrogen and oxygen atoms in total. The molecule has 0 aromatic heterocycles. The van der Waals surface area contributed by atoms with Gasteiger partial charge in [-0.25, -0.2) is 0 Å². The molecule has 0 atom stereocenters. The van der Waals surface area contributed by atoms with Gasteiger partial charge in [-0.15, -0.1) is 0 Å². The summed E-state index contributed by atoms with van der Waals surface area (Å²) in [6.45, 7) is 0. The van der Waals surface area contributed by atoms with E-state index >= 15 is 0 Å². The van der Waals surface area contributed by atoms with Crippen LogP contribution in [0.25, 0.3) is 0 Å². The second kappa shape index (κ2) is 17.8. The van der Waals surface area contributed by atoms with Gasteiger partial charge in [0.05, 0.1) is 0 Å². The smallest absolute Gasteiger partial charge is 0.759 e. The Labute approximate surface area is 155 Å². The molecular formula is H6AlFeO16PS4. The zero-order chi connectivity index (χ0) is 18.0. The Kier molecular flexibility index (Phi) is 33.9. The van der Waals surface area contributed by atoms with Crippen molar-refractivity contribution in [1.82, 2.24) is 0 Å². The van der Waals surface area contributed by atoms with Gasteiger partial charge in [-0.05, 0) is 0 Å². The molecule has 23 heavy (non-hydrogen) atoms. The van der Waals surface area contributed by atoms with Gasteiger partial charge in [-0.1, -0.05) is 0 Å². The van der Waals surface area contributed by atoms with Gasteiger partial charge in [0.15, 0.2) is 0 Å². The molecule has 0 bridgehead atoms. The van der Waals surface area contributed by atoms with Gasteiger partial charge in [-0.2, -0.15) is 0 Å².